The Morgan fingerprint density at radius 2 is 1.62 bits per heavy atom. The van der Waals surface area contributed by atoms with Crippen molar-refractivity contribution in [1.29, 1.82) is 0 Å². The number of carbonyl (C=O) groups excluding carboxylic acids is 3. The molecule has 1 aliphatic heterocycles. The van der Waals surface area contributed by atoms with E-state index in [2.05, 4.69) is 12.1 Å². The third kappa shape index (κ3) is 9.00. The van der Waals surface area contributed by atoms with Gasteiger partial charge in [-0.2, -0.15) is 0 Å². The molecular formula is C22H30HgO8S. The molecule has 0 radical (unpaired) electrons. The van der Waals surface area contributed by atoms with Crippen LogP contribution in [0.5, 0.6) is 0 Å². The van der Waals surface area contributed by atoms with Gasteiger partial charge < -0.3 is 0 Å². The molecule has 0 N–H and O–H groups in total. The first kappa shape index (κ1) is 27.1. The van der Waals surface area contributed by atoms with Crippen LogP contribution in [-0.2, 0) is 66.9 Å². The summed E-state index contributed by atoms with van der Waals surface area (Å²) in [7, 11) is 1.86. The molecule has 0 saturated carbocycles. The van der Waals surface area contributed by atoms with Gasteiger partial charge in [0.1, 0.15) is 0 Å². The van der Waals surface area contributed by atoms with Gasteiger partial charge in [-0.25, -0.2) is 0 Å². The van der Waals surface area contributed by atoms with Crippen LogP contribution in [0.15, 0.2) is 30.3 Å². The second-order valence-electron chi connectivity index (χ2n) is 7.84. The summed E-state index contributed by atoms with van der Waals surface area (Å²) < 4.78 is 28.4. The fourth-order valence-corrected chi connectivity index (χ4v) is 18.2. The molecule has 1 fully saturated rings. The Kier molecular flexibility index (Phi) is 11.4. The minimum atomic E-state index is -1.90. The van der Waals surface area contributed by atoms with E-state index >= 15 is 0 Å². The number of carbonyl (C=O) groups is 3. The third-order valence-electron chi connectivity index (χ3n) is 4.65. The number of rotatable bonds is 10. The third-order valence-corrected chi connectivity index (χ3v) is 18.7. The molecule has 0 amide bonds. The molecule has 0 bridgehead atoms. The van der Waals surface area contributed by atoms with Crippen LogP contribution < -0.4 is 0 Å². The molecule has 0 spiro atoms. The summed E-state index contributed by atoms with van der Waals surface area (Å²) >= 11 is -1.90. The van der Waals surface area contributed by atoms with Gasteiger partial charge in [-0.1, -0.05) is 0 Å². The van der Waals surface area contributed by atoms with Crippen LogP contribution in [0.25, 0.3) is 0 Å². The van der Waals surface area contributed by atoms with E-state index in [1.165, 1.54) is 26.3 Å². The van der Waals surface area contributed by atoms with E-state index in [0.717, 1.165) is 5.75 Å². The first-order valence-electron chi connectivity index (χ1n) is 10.6. The molecule has 174 valence electrons. The Morgan fingerprint density at radius 1 is 1.00 bits per heavy atom. The Labute approximate surface area is 203 Å². The predicted octanol–water partition coefficient (Wildman–Crippen LogP) is 3.28. The fraction of sp³-hybridized carbons (Fsp3) is 0.591. The van der Waals surface area contributed by atoms with Crippen molar-refractivity contribution in [2.24, 2.45) is 0 Å². The number of hydrogen-bond acceptors (Lipinski definition) is 9. The number of benzene rings is 1. The van der Waals surface area contributed by atoms with Crippen LogP contribution in [0, 0.1) is 0 Å². The molecule has 0 aromatic heterocycles. The first-order chi connectivity index (χ1) is 15.2. The Bertz CT molecular complexity index is 760. The number of ether oxygens (including phenoxy) is 5. The molecule has 1 saturated heterocycles. The van der Waals surface area contributed by atoms with Gasteiger partial charge in [-0.15, -0.1) is 0 Å². The zero-order valence-electron chi connectivity index (χ0n) is 19.1. The molecule has 32 heavy (non-hydrogen) atoms. The summed E-state index contributed by atoms with van der Waals surface area (Å²) in [5, 5.41) is 0. The van der Waals surface area contributed by atoms with E-state index in [1.807, 2.05) is 40.3 Å². The van der Waals surface area contributed by atoms with Crippen LogP contribution in [0.2, 0.25) is 3.43 Å². The minimum absolute atomic E-state index is 0.132. The van der Waals surface area contributed by atoms with Crippen molar-refractivity contribution in [2.75, 3.05) is 6.61 Å². The maximum atomic E-state index is 12.0. The van der Waals surface area contributed by atoms with Gasteiger partial charge in [-0.3, -0.25) is 0 Å². The van der Waals surface area contributed by atoms with Crippen LogP contribution in [0.4, 0.5) is 0 Å². The monoisotopic (exact) mass is 656 g/mol. The molecule has 1 aromatic carbocycles. The van der Waals surface area contributed by atoms with Crippen LogP contribution in [-0.4, -0.2) is 55.2 Å². The summed E-state index contributed by atoms with van der Waals surface area (Å²) in [6, 6.07) is 10.1. The fourth-order valence-electron chi connectivity index (χ4n) is 3.44. The van der Waals surface area contributed by atoms with Gasteiger partial charge in [0.05, 0.1) is 0 Å². The van der Waals surface area contributed by atoms with Crippen LogP contribution >= 0.6 is 8.24 Å². The molecule has 8 nitrogen and oxygen atoms in total. The van der Waals surface area contributed by atoms with Crippen LogP contribution in [0.1, 0.15) is 40.2 Å². The van der Waals surface area contributed by atoms with Gasteiger partial charge in [0.2, 0.25) is 0 Å². The van der Waals surface area contributed by atoms with E-state index in [4.69, 9.17) is 23.7 Å². The van der Waals surface area contributed by atoms with Crippen molar-refractivity contribution in [1.82, 2.24) is 0 Å². The molecule has 1 aliphatic rings. The van der Waals surface area contributed by atoms with Crippen LogP contribution in [0.3, 0.4) is 0 Å². The van der Waals surface area contributed by atoms with Crippen molar-refractivity contribution in [3.63, 3.8) is 0 Å². The average molecular weight is 655 g/mol. The molecule has 1 heterocycles. The summed E-state index contributed by atoms with van der Waals surface area (Å²) in [6.07, 6.45) is -3.19. The zero-order chi connectivity index (χ0) is 23.7. The van der Waals surface area contributed by atoms with Crippen molar-refractivity contribution in [2.45, 2.75) is 74.5 Å². The van der Waals surface area contributed by atoms with E-state index in [1.54, 1.807) is 0 Å². The van der Waals surface area contributed by atoms with Gasteiger partial charge >= 0.3 is 204 Å². The second-order valence-corrected chi connectivity index (χ2v) is 21.2. The number of esters is 3. The van der Waals surface area contributed by atoms with E-state index in [-0.39, 0.29) is 16.1 Å². The van der Waals surface area contributed by atoms with E-state index in [0.29, 0.717) is 0 Å². The van der Waals surface area contributed by atoms with Crippen molar-refractivity contribution in [3.05, 3.63) is 35.9 Å². The summed E-state index contributed by atoms with van der Waals surface area (Å²) in [5.41, 5.74) is 1.21. The Balaban J connectivity index is 2.28. The van der Waals surface area contributed by atoms with E-state index in [9.17, 15) is 14.4 Å². The predicted molar refractivity (Wildman–Crippen MR) is 114 cm³/mol. The quantitative estimate of drug-likeness (QED) is 0.214. The van der Waals surface area contributed by atoms with Gasteiger partial charge in [0.25, 0.3) is 0 Å². The van der Waals surface area contributed by atoms with E-state index < -0.39 is 65.6 Å². The first-order valence-corrected chi connectivity index (χ1v) is 21.6. The average Bonchev–Trinajstić information content (AvgIpc) is 2.70. The van der Waals surface area contributed by atoms with Gasteiger partial charge in [0.15, 0.2) is 0 Å². The summed E-state index contributed by atoms with van der Waals surface area (Å²) in [6.45, 7) is 7.56. The van der Waals surface area contributed by atoms with Crippen molar-refractivity contribution in [3.8, 4) is 0 Å². The maximum absolute atomic E-state index is 12.0. The summed E-state index contributed by atoms with van der Waals surface area (Å²) in [5.74, 6) is -0.648. The van der Waals surface area contributed by atoms with Crippen molar-refractivity contribution >= 4 is 26.2 Å². The molecule has 1 aromatic rings. The summed E-state index contributed by atoms with van der Waals surface area (Å²) in [4.78, 5) is 35.2. The zero-order valence-corrected chi connectivity index (χ0v) is 25.5. The molecule has 0 aliphatic carbocycles. The molecule has 2 rings (SSSR count). The Hall–Kier alpha value is -1.16. The normalized spacial score (nSPS) is 25.0. The molecule has 5 atom stereocenters. The van der Waals surface area contributed by atoms with Crippen molar-refractivity contribution < 1.29 is 61.1 Å². The topological polar surface area (TPSA) is 97.4 Å². The SMILES string of the molecule is CC(=O)OCC1OC(OC(C)C)[CH]([Hg][S]Cc2ccccc2)C(OC(C)=O)C1OC(C)=O. The number of hydrogen-bond donors (Lipinski definition) is 0. The van der Waals surface area contributed by atoms with Gasteiger partial charge in [-0.05, 0) is 0 Å². The molecule has 5 unspecified atom stereocenters. The molecular weight excluding hydrogens is 625 g/mol. The standard InChI is InChI=1S/C15H23O8.C7H8S.Hg/c1-8(2)20-14-6-12(21-10(4)17)15(22-11(5)18)13(23-14)7-19-9(3)16;8-6-7-4-2-1-3-5-7;/h6,8,12-15H,7H2,1-5H3;1-5,8H,6H2;/q;;+1/p-1. The van der Waals surface area contributed by atoms with Gasteiger partial charge in [0, 0.05) is 0 Å². The Morgan fingerprint density at radius 3 is 2.19 bits per heavy atom. The molecule has 10 heteroatoms. The second kappa shape index (κ2) is 13.5.